The van der Waals surface area contributed by atoms with Crippen LogP contribution in [0.2, 0.25) is 0 Å². The van der Waals surface area contributed by atoms with Gasteiger partial charge in [-0.15, -0.1) is 0 Å². The fourth-order valence-electron chi connectivity index (χ4n) is 0. The Morgan fingerprint density at radius 1 is 1.75 bits per heavy atom. The number of rotatable bonds is 0. The van der Waals surface area contributed by atoms with Crippen LogP contribution in [0.25, 0.3) is 0 Å². The molecule has 0 aliphatic heterocycles. The second kappa shape index (κ2) is 8.85. The molecule has 0 aliphatic carbocycles. The van der Waals surface area contributed by atoms with Gasteiger partial charge in [-0.3, -0.25) is 0 Å². The van der Waals surface area contributed by atoms with Crippen LogP contribution in [0, 0.1) is 0 Å². The molecule has 0 unspecified atom stereocenters. The minimum absolute atomic E-state index is 0. The van der Waals surface area contributed by atoms with Crippen molar-refractivity contribution in [1.29, 1.82) is 0 Å². The summed E-state index contributed by atoms with van der Waals surface area (Å²) in [5.74, 6) is 0. The zero-order valence-corrected chi connectivity index (χ0v) is 5.94. The van der Waals surface area contributed by atoms with Crippen LogP contribution in [0.15, 0.2) is 0 Å². The molecule has 0 aliphatic rings. The zero-order valence-electron chi connectivity index (χ0n) is 1.32. The molecule has 0 saturated heterocycles. The van der Waals surface area contributed by atoms with E-state index in [1.54, 1.807) is 0 Å². The molecular weight excluding hydrogens is 259 g/mol. The fraction of sp³-hybridized carbons (Fsp3) is 0. The van der Waals surface area contributed by atoms with Crippen molar-refractivity contribution in [2.45, 2.75) is 0 Å². The molecule has 0 bridgehead atoms. The van der Waals surface area contributed by atoms with Crippen molar-refractivity contribution >= 4 is 53.4 Å². The number of hydrogen-bond donors (Lipinski definition) is 0. The van der Waals surface area contributed by atoms with Gasteiger partial charge in [-0.1, -0.05) is 0 Å². The van der Waals surface area contributed by atoms with E-state index in [4.69, 9.17) is 0 Å². The molecule has 0 N–H and O–H groups in total. The summed E-state index contributed by atoms with van der Waals surface area (Å²) in [6.45, 7) is 0. The second-order valence-electron chi connectivity index (χ2n) is 0.0833. The van der Waals surface area contributed by atoms with Gasteiger partial charge >= 0.3 is 53.4 Å². The Kier molecular flexibility index (Phi) is 20.5. The molecule has 0 aromatic carbocycles. The summed E-state index contributed by atoms with van der Waals surface area (Å²) in [4.78, 5) is 0. The zero-order chi connectivity index (χ0) is 2.71. The van der Waals surface area contributed by atoms with Crippen molar-refractivity contribution in [2.24, 2.45) is 0 Å². The maximum atomic E-state index is 4.46. The van der Waals surface area contributed by atoms with E-state index in [1.165, 1.54) is 0 Å². The first kappa shape index (κ1) is 9.28. The fourth-order valence-corrected chi connectivity index (χ4v) is 0. The molecule has 4 heavy (non-hydrogen) atoms. The van der Waals surface area contributed by atoms with Gasteiger partial charge in [0.05, 0.1) is 0 Å². The van der Waals surface area contributed by atoms with Gasteiger partial charge in [0.2, 0.25) is 0 Å². The van der Waals surface area contributed by atoms with Crippen molar-refractivity contribution < 1.29 is 0 Å². The third-order valence-corrected chi connectivity index (χ3v) is 0. The van der Waals surface area contributed by atoms with Crippen LogP contribution in [-0.2, 0) is 0 Å². The molecular formula is H5AsGeSSe. The van der Waals surface area contributed by atoms with Gasteiger partial charge in [0.15, 0.2) is 0 Å². The normalized spacial score (nSPS) is 3.00. The Balaban J connectivity index is 0. The van der Waals surface area contributed by atoms with Crippen LogP contribution < -0.4 is 0 Å². The Morgan fingerprint density at radius 2 is 1.75 bits per heavy atom. The van der Waals surface area contributed by atoms with Gasteiger partial charge in [0.25, 0.3) is 0 Å². The first-order valence-electron chi connectivity index (χ1n) is 0.371. The Bertz CT molecular complexity index is 29.0. The third-order valence-electron chi connectivity index (χ3n) is 0. The van der Waals surface area contributed by atoms with Crippen LogP contribution in [0.4, 0.5) is 0 Å². The summed E-state index contributed by atoms with van der Waals surface area (Å²) in [5.41, 5.74) is 0. The molecule has 4 heteroatoms. The summed E-state index contributed by atoms with van der Waals surface area (Å²) in [5, 5.41) is 0. The van der Waals surface area contributed by atoms with Gasteiger partial charge in [-0.2, -0.15) is 0 Å². The van der Waals surface area contributed by atoms with Crippen LogP contribution >= 0.6 is 10.6 Å². The monoisotopic (exact) mass is 266 g/mol. The summed E-state index contributed by atoms with van der Waals surface area (Å²) in [6.07, 6.45) is 0. The van der Waals surface area contributed by atoms with Crippen molar-refractivity contribution in [2.75, 3.05) is 0 Å². The summed E-state index contributed by atoms with van der Waals surface area (Å²) in [7, 11) is 4.91. The quantitative estimate of drug-likeness (QED) is 0.463. The van der Waals surface area contributed by atoms with Gasteiger partial charge in [-0.25, -0.2) is 0 Å². The van der Waals surface area contributed by atoms with Crippen molar-refractivity contribution in [1.82, 2.24) is 0 Å². The molecule has 0 aromatic heterocycles. The molecule has 0 radical (unpaired) electrons. The van der Waals surface area contributed by atoms with E-state index in [9.17, 15) is 0 Å². The van der Waals surface area contributed by atoms with Gasteiger partial charge in [0.1, 0.15) is 0 Å². The van der Waals surface area contributed by atoms with E-state index in [0.717, 1.165) is 0 Å². The summed E-state index contributed by atoms with van der Waals surface area (Å²) < 4.78 is 0. The van der Waals surface area contributed by atoms with Gasteiger partial charge in [-0.05, 0) is 0 Å². The first-order valence-corrected chi connectivity index (χ1v) is 8.11. The van der Waals surface area contributed by atoms with Crippen LogP contribution in [0.5, 0.6) is 0 Å². The van der Waals surface area contributed by atoms with Crippen molar-refractivity contribution in [3.05, 3.63) is 0 Å². The molecule has 0 heterocycles. The molecule has 0 nitrogen and oxygen atoms in total. The van der Waals surface area contributed by atoms with E-state index in [0.29, 0.717) is 10.8 Å². The van der Waals surface area contributed by atoms with Crippen LogP contribution in [0.1, 0.15) is 0 Å². The summed E-state index contributed by atoms with van der Waals surface area (Å²) >= 11 is 2.00. The average molecular weight is 264 g/mol. The maximum absolute atomic E-state index is 4.46. The molecule has 0 saturated carbocycles. The Morgan fingerprint density at radius 3 is 1.75 bits per heavy atom. The molecule has 0 atom stereocenters. The average Bonchev–Trinajstić information content (AvgIpc) is 0.918. The molecule has 0 spiro atoms. The molecule has 0 rings (SSSR count). The van der Waals surface area contributed by atoms with E-state index >= 15 is 0 Å². The van der Waals surface area contributed by atoms with E-state index in [-0.39, 0.29) is 17.6 Å². The van der Waals surface area contributed by atoms with Gasteiger partial charge < -0.3 is 0 Å². The topological polar surface area (TPSA) is 0 Å². The predicted molar refractivity (Wildman–Crippen MR) is 31.8 cm³/mol. The van der Waals surface area contributed by atoms with Crippen LogP contribution in [-0.4, -0.2) is 42.8 Å². The molecule has 0 amide bonds. The molecule has 0 aromatic rings. The summed E-state index contributed by atoms with van der Waals surface area (Å²) in [6, 6.07) is 0. The van der Waals surface area contributed by atoms with E-state index < -0.39 is 0 Å². The minimum atomic E-state index is 0. The first-order chi connectivity index (χ1) is 1.41. The molecule has 0 fully saturated rings. The SMILES string of the molecule is S=[Se]=[AsH].[GeH4]. The standard InChI is InChI=1S/AsHSSe.GeH4/c1-3-2;/h1H;1H4. The molecule has 26 valence electrons. The van der Waals surface area contributed by atoms with E-state index in [2.05, 4.69) is 10.6 Å². The third kappa shape index (κ3) is 9.15. The van der Waals surface area contributed by atoms with Crippen LogP contribution in [0.3, 0.4) is 0 Å². The number of hydrogen-bond acceptors (Lipinski definition) is 1. The second-order valence-corrected chi connectivity index (χ2v) is 6.75. The van der Waals surface area contributed by atoms with E-state index in [1.807, 2.05) is 14.4 Å². The predicted octanol–water partition coefficient (Wildman–Crippen LogP) is -1.83. The Labute approximate surface area is 52.9 Å². The Hall–Kier alpha value is 1.84. The van der Waals surface area contributed by atoms with Crippen molar-refractivity contribution in [3.8, 4) is 0 Å². The van der Waals surface area contributed by atoms with Gasteiger partial charge in [0, 0.05) is 0 Å². The van der Waals surface area contributed by atoms with Crippen molar-refractivity contribution in [3.63, 3.8) is 0 Å².